The van der Waals surface area contributed by atoms with E-state index in [0.29, 0.717) is 6.61 Å². The molecule has 1 aliphatic rings. The number of aromatic amines is 1. The minimum Gasteiger partial charge on any atom is -0.493 e. The Hall–Kier alpha value is -2.95. The van der Waals surface area contributed by atoms with E-state index in [-0.39, 0.29) is 6.04 Å². The molecular weight excluding hydrogens is 364 g/mol. The van der Waals surface area contributed by atoms with Gasteiger partial charge in [-0.05, 0) is 73.6 Å². The van der Waals surface area contributed by atoms with Crippen LogP contribution in [0.25, 0.3) is 10.9 Å². The van der Waals surface area contributed by atoms with Crippen LogP contribution in [0.15, 0.2) is 36.5 Å². The lowest BCUT2D eigenvalue weighted by molar-refractivity contribution is -0.120. The van der Waals surface area contributed by atoms with Crippen molar-refractivity contribution in [2.45, 2.75) is 39.2 Å². The number of carbonyl (C=O) groups is 1. The van der Waals surface area contributed by atoms with E-state index in [2.05, 4.69) is 48.4 Å². The Bertz CT molecular complexity index is 1020. The SMILES string of the molecule is CCOc1cc2c(cc1OC)CCN(C=O)[C@H]2CCc1c[nH]c2cc(C)ccc12. The Morgan fingerprint density at radius 2 is 2.10 bits per heavy atom. The molecule has 1 aliphatic heterocycles. The molecule has 152 valence electrons. The highest BCUT2D eigenvalue weighted by atomic mass is 16.5. The summed E-state index contributed by atoms with van der Waals surface area (Å²) in [6, 6.07) is 10.7. The standard InChI is InChI=1S/C24H28N2O3/c1-4-29-24-13-20-17(12-23(24)28-3)9-10-26(15-27)22(20)8-6-18-14-25-21-11-16(2)5-7-19(18)21/h5,7,11-15,22,25H,4,6,8-10H2,1-3H3/t22-/m0/s1. The fraction of sp³-hybridized carbons (Fsp3) is 0.375. The quantitative estimate of drug-likeness (QED) is 0.599. The van der Waals surface area contributed by atoms with E-state index >= 15 is 0 Å². The molecule has 1 aromatic heterocycles. The topological polar surface area (TPSA) is 54.6 Å². The zero-order valence-corrected chi connectivity index (χ0v) is 17.3. The van der Waals surface area contributed by atoms with Crippen LogP contribution >= 0.6 is 0 Å². The van der Waals surface area contributed by atoms with Crippen molar-refractivity contribution >= 4 is 17.3 Å². The number of aryl methyl sites for hydroxylation is 2. The third kappa shape index (κ3) is 3.69. The van der Waals surface area contributed by atoms with Crippen molar-refractivity contribution in [3.05, 3.63) is 58.8 Å². The zero-order chi connectivity index (χ0) is 20.4. The van der Waals surface area contributed by atoms with Gasteiger partial charge in [0.1, 0.15) is 0 Å². The van der Waals surface area contributed by atoms with Gasteiger partial charge in [0.2, 0.25) is 6.41 Å². The van der Waals surface area contributed by atoms with E-state index in [0.717, 1.165) is 43.7 Å². The third-order valence-electron chi connectivity index (χ3n) is 5.87. The summed E-state index contributed by atoms with van der Waals surface area (Å²) in [6.45, 7) is 5.37. The van der Waals surface area contributed by atoms with Gasteiger partial charge < -0.3 is 19.4 Å². The van der Waals surface area contributed by atoms with Crippen molar-refractivity contribution < 1.29 is 14.3 Å². The van der Waals surface area contributed by atoms with Gasteiger partial charge in [-0.15, -0.1) is 0 Å². The van der Waals surface area contributed by atoms with E-state index in [1.54, 1.807) is 7.11 Å². The van der Waals surface area contributed by atoms with Crippen molar-refractivity contribution in [3.63, 3.8) is 0 Å². The Morgan fingerprint density at radius 3 is 2.86 bits per heavy atom. The molecule has 0 aliphatic carbocycles. The Kier molecular flexibility index (Phi) is 5.47. The average Bonchev–Trinajstić information content (AvgIpc) is 3.13. The van der Waals surface area contributed by atoms with Gasteiger partial charge in [-0.1, -0.05) is 12.1 Å². The van der Waals surface area contributed by atoms with E-state index in [4.69, 9.17) is 9.47 Å². The van der Waals surface area contributed by atoms with Crippen LogP contribution in [0, 0.1) is 6.92 Å². The van der Waals surface area contributed by atoms with Gasteiger partial charge in [0, 0.05) is 23.6 Å². The van der Waals surface area contributed by atoms with E-state index in [1.807, 2.05) is 11.8 Å². The molecule has 0 spiro atoms. The van der Waals surface area contributed by atoms with Gasteiger partial charge in [0.15, 0.2) is 11.5 Å². The van der Waals surface area contributed by atoms with E-state index in [1.165, 1.54) is 33.2 Å². The van der Waals surface area contributed by atoms with Gasteiger partial charge >= 0.3 is 0 Å². The van der Waals surface area contributed by atoms with Gasteiger partial charge in [-0.3, -0.25) is 4.79 Å². The van der Waals surface area contributed by atoms with E-state index < -0.39 is 0 Å². The summed E-state index contributed by atoms with van der Waals surface area (Å²) < 4.78 is 11.3. The summed E-state index contributed by atoms with van der Waals surface area (Å²) in [7, 11) is 1.67. The van der Waals surface area contributed by atoms with Gasteiger partial charge in [0.05, 0.1) is 19.8 Å². The number of fused-ring (bicyclic) bond motifs is 2. The van der Waals surface area contributed by atoms with Crippen molar-refractivity contribution in [2.75, 3.05) is 20.3 Å². The summed E-state index contributed by atoms with van der Waals surface area (Å²) in [5.74, 6) is 1.50. The minimum atomic E-state index is 0.0387. The highest BCUT2D eigenvalue weighted by Crippen LogP contribution is 2.39. The number of ether oxygens (including phenoxy) is 2. The summed E-state index contributed by atoms with van der Waals surface area (Å²) in [5.41, 5.74) is 6.11. The lowest BCUT2D eigenvalue weighted by atomic mass is 9.88. The lowest BCUT2D eigenvalue weighted by Gasteiger charge is -2.35. The van der Waals surface area contributed by atoms with Gasteiger partial charge in [-0.2, -0.15) is 0 Å². The second-order valence-electron chi connectivity index (χ2n) is 7.65. The van der Waals surface area contributed by atoms with Crippen molar-refractivity contribution in [3.8, 4) is 11.5 Å². The minimum absolute atomic E-state index is 0.0387. The highest BCUT2D eigenvalue weighted by Gasteiger charge is 2.28. The Balaban J connectivity index is 1.65. The monoisotopic (exact) mass is 392 g/mol. The highest BCUT2D eigenvalue weighted by molar-refractivity contribution is 5.83. The predicted octanol–water partition coefficient (Wildman–Crippen LogP) is 4.57. The molecule has 0 fully saturated rings. The molecule has 29 heavy (non-hydrogen) atoms. The maximum Gasteiger partial charge on any atom is 0.210 e. The molecular formula is C24H28N2O3. The molecule has 1 atom stereocenters. The molecule has 0 unspecified atom stereocenters. The van der Waals surface area contributed by atoms with Crippen LogP contribution in [0.3, 0.4) is 0 Å². The molecule has 0 saturated heterocycles. The van der Waals surface area contributed by atoms with Gasteiger partial charge in [0.25, 0.3) is 0 Å². The molecule has 5 nitrogen and oxygen atoms in total. The van der Waals surface area contributed by atoms with E-state index in [9.17, 15) is 4.79 Å². The number of hydrogen-bond acceptors (Lipinski definition) is 3. The second-order valence-corrected chi connectivity index (χ2v) is 7.65. The van der Waals surface area contributed by atoms with Crippen LogP contribution < -0.4 is 9.47 Å². The zero-order valence-electron chi connectivity index (χ0n) is 17.3. The first kappa shape index (κ1) is 19.4. The molecule has 3 aromatic rings. The summed E-state index contributed by atoms with van der Waals surface area (Å²) in [5, 5.41) is 1.26. The Morgan fingerprint density at radius 1 is 1.24 bits per heavy atom. The van der Waals surface area contributed by atoms with Crippen LogP contribution in [0.5, 0.6) is 11.5 Å². The van der Waals surface area contributed by atoms with Crippen LogP contribution in [-0.2, 0) is 17.6 Å². The summed E-state index contributed by atoms with van der Waals surface area (Å²) >= 11 is 0. The third-order valence-corrected chi connectivity index (χ3v) is 5.87. The molecule has 1 amide bonds. The molecule has 2 aromatic carbocycles. The molecule has 1 N–H and O–H groups in total. The van der Waals surface area contributed by atoms with Crippen LogP contribution in [0.1, 0.15) is 41.6 Å². The molecule has 0 saturated carbocycles. The van der Waals surface area contributed by atoms with Crippen LogP contribution in [0.4, 0.5) is 0 Å². The average molecular weight is 392 g/mol. The molecule has 0 bridgehead atoms. The van der Waals surface area contributed by atoms with Crippen LogP contribution in [-0.4, -0.2) is 36.6 Å². The fourth-order valence-electron chi connectivity index (χ4n) is 4.40. The number of H-pyrrole nitrogens is 1. The fourth-order valence-corrected chi connectivity index (χ4v) is 4.40. The maximum atomic E-state index is 11.8. The Labute approximate surface area is 171 Å². The first-order chi connectivity index (χ1) is 14.1. The number of aromatic nitrogens is 1. The number of carbonyl (C=O) groups excluding carboxylic acids is 1. The molecule has 5 heteroatoms. The second kappa shape index (κ2) is 8.19. The number of nitrogens with zero attached hydrogens (tertiary/aromatic N) is 1. The van der Waals surface area contributed by atoms with Crippen molar-refractivity contribution in [1.82, 2.24) is 9.88 Å². The first-order valence-electron chi connectivity index (χ1n) is 10.3. The number of rotatable bonds is 7. The summed E-state index contributed by atoms with van der Waals surface area (Å²) in [4.78, 5) is 17.1. The number of amides is 1. The maximum absolute atomic E-state index is 11.8. The summed E-state index contributed by atoms with van der Waals surface area (Å²) in [6.07, 6.45) is 5.67. The number of nitrogens with one attached hydrogen (secondary N) is 1. The largest absolute Gasteiger partial charge is 0.493 e. The first-order valence-corrected chi connectivity index (χ1v) is 10.3. The van der Waals surface area contributed by atoms with Gasteiger partial charge in [-0.25, -0.2) is 0 Å². The number of hydrogen-bond donors (Lipinski definition) is 1. The smallest absolute Gasteiger partial charge is 0.210 e. The van der Waals surface area contributed by atoms with Crippen LogP contribution in [0.2, 0.25) is 0 Å². The predicted molar refractivity (Wildman–Crippen MR) is 115 cm³/mol. The normalized spacial score (nSPS) is 16.0. The molecule has 0 radical (unpaired) electrons. The van der Waals surface area contributed by atoms with Crippen molar-refractivity contribution in [2.24, 2.45) is 0 Å². The molecule has 4 rings (SSSR count). The molecule has 2 heterocycles. The number of benzene rings is 2. The number of methoxy groups -OCH3 is 1. The lowest BCUT2D eigenvalue weighted by Crippen LogP contribution is -2.34. The van der Waals surface area contributed by atoms with Crippen molar-refractivity contribution in [1.29, 1.82) is 0 Å².